The Morgan fingerprint density at radius 3 is 2.44 bits per heavy atom. The van der Waals surface area contributed by atoms with Crippen molar-refractivity contribution >= 4 is 60.5 Å². The molecule has 1 aliphatic rings. The number of piperidine rings is 1. The van der Waals surface area contributed by atoms with Crippen LogP contribution >= 0.6 is 23.2 Å². The van der Waals surface area contributed by atoms with E-state index in [2.05, 4.69) is 0 Å². The van der Waals surface area contributed by atoms with Crippen molar-refractivity contribution in [3.8, 4) is 11.3 Å². The molecule has 0 saturated carbocycles. The summed E-state index contributed by atoms with van der Waals surface area (Å²) < 4.78 is -0.572. The van der Waals surface area contributed by atoms with Crippen LogP contribution in [0.2, 0.25) is 14.8 Å². The van der Waals surface area contributed by atoms with Gasteiger partial charge in [0.05, 0.1) is 0 Å². The normalized spacial score (nSPS) is 15.4. The third-order valence-corrected chi connectivity index (χ3v) is 9.14. The van der Waals surface area contributed by atoms with E-state index < -0.39 is 26.4 Å². The van der Waals surface area contributed by atoms with Crippen LogP contribution in [0.1, 0.15) is 24.8 Å². The average Bonchev–Trinajstić information content (AvgIpc) is 2.79. The van der Waals surface area contributed by atoms with Crippen molar-refractivity contribution in [2.75, 3.05) is 13.1 Å². The number of benzene rings is 2. The minimum absolute atomic E-state index is 0.0563. The molecule has 2 aromatic carbocycles. The summed E-state index contributed by atoms with van der Waals surface area (Å²) in [4.78, 5) is 31.0. The van der Waals surface area contributed by atoms with Gasteiger partial charge >= 0.3 is 204 Å². The van der Waals surface area contributed by atoms with Gasteiger partial charge in [0, 0.05) is 0 Å². The first-order chi connectivity index (χ1) is 15.4. The molecular weight excluding hydrogens is 510 g/mol. The molecule has 32 heavy (non-hydrogen) atoms. The van der Waals surface area contributed by atoms with Gasteiger partial charge in [0.1, 0.15) is 0 Å². The SMILES string of the molecule is O=C(O)[C@H](Cc1ccc2nc(-c3c(Cl)cccc3Cl)ccc2c1)[AsH]C(=O)N1CCCCC1. The zero-order valence-corrected chi connectivity index (χ0v) is 21.0. The van der Waals surface area contributed by atoms with Crippen molar-refractivity contribution in [1.82, 2.24) is 9.88 Å². The van der Waals surface area contributed by atoms with E-state index in [1.165, 1.54) is 0 Å². The molecule has 2 heterocycles. The van der Waals surface area contributed by atoms with Crippen LogP contribution in [0, 0.1) is 0 Å². The monoisotopic (exact) mass is 532 g/mol. The summed E-state index contributed by atoms with van der Waals surface area (Å²) in [6.07, 6.45) is 3.51. The molecule has 0 radical (unpaired) electrons. The first kappa shape index (κ1) is 23.1. The van der Waals surface area contributed by atoms with Crippen molar-refractivity contribution in [3.05, 3.63) is 64.1 Å². The molecule has 0 aliphatic carbocycles. The molecule has 3 aromatic rings. The molecule has 0 bridgehead atoms. The number of hydrogen-bond donors (Lipinski definition) is 1. The maximum absolute atomic E-state index is 12.6. The summed E-state index contributed by atoms with van der Waals surface area (Å²) in [7, 11) is 0. The molecule has 1 fully saturated rings. The number of likely N-dealkylation sites (tertiary alicyclic amines) is 1. The van der Waals surface area contributed by atoms with Crippen LogP contribution < -0.4 is 0 Å². The number of halogens is 2. The number of nitrogens with zero attached hydrogens (tertiary/aromatic N) is 2. The molecule has 5 nitrogen and oxygen atoms in total. The van der Waals surface area contributed by atoms with Crippen LogP contribution in [0.5, 0.6) is 0 Å². The Hall–Kier alpha value is -2.07. The van der Waals surface area contributed by atoms with Crippen LogP contribution in [-0.4, -0.2) is 54.5 Å². The molecule has 1 aliphatic heterocycles. The van der Waals surface area contributed by atoms with Gasteiger partial charge in [-0.15, -0.1) is 0 Å². The fraction of sp³-hybridized carbons (Fsp3) is 0.292. The Bertz CT molecular complexity index is 1140. The van der Waals surface area contributed by atoms with Crippen molar-refractivity contribution in [2.45, 2.75) is 30.4 Å². The number of carbonyl (C=O) groups excluding carboxylic acids is 1. The van der Waals surface area contributed by atoms with E-state index in [-0.39, 0.29) is 4.69 Å². The second-order valence-electron chi connectivity index (χ2n) is 7.91. The van der Waals surface area contributed by atoms with E-state index in [1.54, 1.807) is 18.2 Å². The van der Waals surface area contributed by atoms with Gasteiger partial charge in [-0.25, -0.2) is 0 Å². The van der Waals surface area contributed by atoms with Crippen molar-refractivity contribution in [2.24, 2.45) is 0 Å². The standard InChI is InChI=1S/C24H23AsCl2N2O3/c26-18-5-4-6-19(27)22(18)21-10-8-16-13-15(7-9-20(16)28-21)14-17(23(30)31)25-24(32)29-11-2-1-3-12-29/h4-10,13,17,25H,1-3,11-12,14H2,(H,30,31)/t17-/m0/s1. The Balaban J connectivity index is 1.53. The topological polar surface area (TPSA) is 70.5 Å². The number of fused-ring (bicyclic) bond motifs is 1. The maximum atomic E-state index is 12.6. The van der Waals surface area contributed by atoms with E-state index in [0.29, 0.717) is 27.7 Å². The van der Waals surface area contributed by atoms with Gasteiger partial charge < -0.3 is 0 Å². The van der Waals surface area contributed by atoms with Crippen molar-refractivity contribution < 1.29 is 14.7 Å². The van der Waals surface area contributed by atoms with Gasteiger partial charge in [-0.1, -0.05) is 0 Å². The number of hydrogen-bond acceptors (Lipinski definition) is 3. The average molecular weight is 533 g/mol. The second-order valence-corrected chi connectivity index (χ2v) is 11.7. The molecule has 2 atom stereocenters. The van der Waals surface area contributed by atoms with Gasteiger partial charge in [0.25, 0.3) is 0 Å². The predicted octanol–water partition coefficient (Wildman–Crippen LogP) is 5.67. The number of pyridine rings is 1. The van der Waals surface area contributed by atoms with E-state index in [1.807, 2.05) is 35.2 Å². The van der Waals surface area contributed by atoms with Crippen LogP contribution in [0.25, 0.3) is 22.2 Å². The summed E-state index contributed by atoms with van der Waals surface area (Å²) in [6, 6.07) is 14.9. The zero-order chi connectivity index (χ0) is 22.7. The Kier molecular flexibility index (Phi) is 7.40. The number of aromatic nitrogens is 1. The fourth-order valence-corrected chi connectivity index (χ4v) is 6.99. The molecule has 166 valence electrons. The molecule has 1 N–H and O–H groups in total. The third kappa shape index (κ3) is 5.28. The molecule has 1 unspecified atom stereocenters. The summed E-state index contributed by atoms with van der Waals surface area (Å²) in [5.41, 5.74) is 3.04. The van der Waals surface area contributed by atoms with Gasteiger partial charge in [-0.05, 0) is 0 Å². The number of rotatable bonds is 6. The zero-order valence-electron chi connectivity index (χ0n) is 17.4. The molecule has 8 heteroatoms. The van der Waals surface area contributed by atoms with Crippen molar-refractivity contribution in [1.29, 1.82) is 0 Å². The van der Waals surface area contributed by atoms with Gasteiger partial charge in [0.15, 0.2) is 0 Å². The molecular formula is C24H23AsCl2N2O3. The van der Waals surface area contributed by atoms with Gasteiger partial charge in [-0.2, -0.15) is 0 Å². The van der Waals surface area contributed by atoms with E-state index >= 15 is 0 Å². The molecule has 1 aromatic heterocycles. The summed E-state index contributed by atoms with van der Waals surface area (Å²) in [5.74, 6) is -0.891. The van der Waals surface area contributed by atoms with Crippen LogP contribution in [0.3, 0.4) is 0 Å². The number of carboxylic acids is 1. The second kappa shape index (κ2) is 10.2. The number of carboxylic acid groups (broad SMARTS) is 1. The Labute approximate surface area is 203 Å². The Morgan fingerprint density at radius 1 is 1.03 bits per heavy atom. The Morgan fingerprint density at radius 2 is 1.75 bits per heavy atom. The van der Waals surface area contributed by atoms with Crippen LogP contribution in [0.15, 0.2) is 48.5 Å². The number of carbonyl (C=O) groups is 2. The third-order valence-electron chi connectivity index (χ3n) is 5.65. The fourth-order valence-electron chi connectivity index (χ4n) is 3.96. The minimum atomic E-state index is -1.30. The first-order valence-electron chi connectivity index (χ1n) is 10.5. The summed E-state index contributed by atoms with van der Waals surface area (Å²) >= 11 is 11.3. The van der Waals surface area contributed by atoms with E-state index in [9.17, 15) is 14.7 Å². The molecule has 0 spiro atoms. The first-order valence-corrected chi connectivity index (χ1v) is 13.6. The molecule has 1 amide bonds. The van der Waals surface area contributed by atoms with Crippen LogP contribution in [0.4, 0.5) is 4.79 Å². The number of aliphatic carboxylic acids is 1. The van der Waals surface area contributed by atoms with Crippen LogP contribution in [-0.2, 0) is 11.2 Å². The number of amides is 1. The quantitative estimate of drug-likeness (QED) is 0.415. The van der Waals surface area contributed by atoms with Crippen molar-refractivity contribution in [3.63, 3.8) is 0 Å². The van der Waals surface area contributed by atoms with Gasteiger partial charge in [-0.3, -0.25) is 0 Å². The summed E-state index contributed by atoms with van der Waals surface area (Å²) in [5, 5.41) is 11.7. The van der Waals surface area contributed by atoms with E-state index in [4.69, 9.17) is 28.2 Å². The van der Waals surface area contributed by atoms with E-state index in [0.717, 1.165) is 48.8 Å². The predicted molar refractivity (Wildman–Crippen MR) is 130 cm³/mol. The molecule has 4 rings (SSSR count). The van der Waals surface area contributed by atoms with Gasteiger partial charge in [0.2, 0.25) is 0 Å². The molecule has 1 saturated heterocycles. The summed E-state index contributed by atoms with van der Waals surface area (Å²) in [6.45, 7) is 1.52.